The first-order valence-corrected chi connectivity index (χ1v) is 12.5. The molecule has 0 fully saturated rings. The van der Waals surface area contributed by atoms with Gasteiger partial charge in [-0.2, -0.15) is 0 Å². The third kappa shape index (κ3) is 6.08. The van der Waals surface area contributed by atoms with Crippen LogP contribution in [0.1, 0.15) is 29.2 Å². The van der Waals surface area contributed by atoms with E-state index in [9.17, 15) is 4.79 Å². The fraction of sp³-hybridized carbons (Fsp3) is 0.367. The van der Waals surface area contributed by atoms with E-state index in [4.69, 9.17) is 37.9 Å². The number of carbonyl (C=O) groups excluding carboxylic acids is 1. The minimum Gasteiger partial charge on any atom is -0.497 e. The number of rotatable bonds is 11. The molecule has 2 atom stereocenters. The first-order chi connectivity index (χ1) is 18.9. The zero-order valence-electron chi connectivity index (χ0n) is 23.1. The SMILES string of the molecule is COc1ccc(CCC(=O)O[C@@H]2Cc3c(OC)cc(OC)cc3O[C@@H]2c2cc(OC)c(OC)c(OC)c2)cc1. The average molecular weight is 539 g/mol. The number of esters is 1. The number of aryl methyl sites for hydroxylation is 1. The van der Waals surface area contributed by atoms with Gasteiger partial charge in [-0.1, -0.05) is 12.1 Å². The highest BCUT2D eigenvalue weighted by atomic mass is 16.6. The van der Waals surface area contributed by atoms with Crippen molar-refractivity contribution in [2.75, 3.05) is 42.7 Å². The Labute approximate surface area is 228 Å². The fourth-order valence-electron chi connectivity index (χ4n) is 4.64. The number of hydrogen-bond acceptors (Lipinski definition) is 9. The van der Waals surface area contributed by atoms with Gasteiger partial charge in [0.05, 0.1) is 42.7 Å². The highest BCUT2D eigenvalue weighted by Gasteiger charge is 2.37. The normalized spacial score (nSPS) is 15.8. The molecule has 0 saturated carbocycles. The maximum Gasteiger partial charge on any atom is 0.306 e. The number of benzene rings is 3. The maximum absolute atomic E-state index is 13.1. The Bertz CT molecular complexity index is 1260. The van der Waals surface area contributed by atoms with E-state index >= 15 is 0 Å². The van der Waals surface area contributed by atoms with Crippen LogP contribution in [0.4, 0.5) is 0 Å². The molecule has 0 bridgehead atoms. The molecule has 1 aliphatic heterocycles. The van der Waals surface area contributed by atoms with Crippen molar-refractivity contribution < 1.29 is 42.7 Å². The third-order valence-electron chi connectivity index (χ3n) is 6.67. The molecule has 1 aliphatic rings. The summed E-state index contributed by atoms with van der Waals surface area (Å²) in [4.78, 5) is 13.1. The quantitative estimate of drug-likeness (QED) is 0.314. The Morgan fingerprint density at radius 3 is 1.97 bits per heavy atom. The van der Waals surface area contributed by atoms with Crippen molar-refractivity contribution in [2.24, 2.45) is 0 Å². The van der Waals surface area contributed by atoms with E-state index in [0.29, 0.717) is 52.9 Å². The summed E-state index contributed by atoms with van der Waals surface area (Å²) in [5, 5.41) is 0. The molecule has 0 aliphatic carbocycles. The minimum absolute atomic E-state index is 0.206. The Balaban J connectivity index is 1.65. The topological polar surface area (TPSA) is 90.9 Å². The maximum atomic E-state index is 13.1. The zero-order chi connectivity index (χ0) is 27.9. The van der Waals surface area contributed by atoms with Gasteiger partial charge in [-0.3, -0.25) is 4.79 Å². The predicted molar refractivity (Wildman–Crippen MR) is 144 cm³/mol. The van der Waals surface area contributed by atoms with Gasteiger partial charge >= 0.3 is 5.97 Å². The van der Waals surface area contributed by atoms with Gasteiger partial charge in [0.25, 0.3) is 0 Å². The van der Waals surface area contributed by atoms with Gasteiger partial charge in [0.2, 0.25) is 5.75 Å². The van der Waals surface area contributed by atoms with E-state index in [-0.39, 0.29) is 12.4 Å². The van der Waals surface area contributed by atoms with E-state index in [0.717, 1.165) is 16.9 Å². The summed E-state index contributed by atoms with van der Waals surface area (Å²) in [5.41, 5.74) is 2.49. The van der Waals surface area contributed by atoms with Crippen LogP contribution in [0.25, 0.3) is 0 Å². The number of ether oxygens (including phenoxy) is 8. The van der Waals surface area contributed by atoms with Gasteiger partial charge in [0.1, 0.15) is 29.1 Å². The molecule has 0 spiro atoms. The summed E-state index contributed by atoms with van der Waals surface area (Å²) in [6.45, 7) is 0. The van der Waals surface area contributed by atoms with Crippen LogP contribution in [0.15, 0.2) is 48.5 Å². The summed E-state index contributed by atoms with van der Waals surface area (Å²) < 4.78 is 45.4. The fourth-order valence-corrected chi connectivity index (χ4v) is 4.64. The molecular formula is C30H34O9. The van der Waals surface area contributed by atoms with Crippen LogP contribution < -0.4 is 33.2 Å². The summed E-state index contributed by atoms with van der Waals surface area (Å²) in [6.07, 6.45) is -0.198. The molecule has 39 heavy (non-hydrogen) atoms. The van der Waals surface area contributed by atoms with Crippen molar-refractivity contribution in [3.8, 4) is 40.2 Å². The second kappa shape index (κ2) is 12.5. The van der Waals surface area contributed by atoms with Crippen molar-refractivity contribution >= 4 is 5.97 Å². The van der Waals surface area contributed by atoms with Crippen molar-refractivity contribution in [1.29, 1.82) is 0 Å². The van der Waals surface area contributed by atoms with Gasteiger partial charge in [-0.15, -0.1) is 0 Å². The molecule has 4 rings (SSSR count). The van der Waals surface area contributed by atoms with E-state index in [2.05, 4.69) is 0 Å². The lowest BCUT2D eigenvalue weighted by molar-refractivity contribution is -0.155. The molecule has 0 radical (unpaired) electrons. The first kappa shape index (κ1) is 27.8. The highest BCUT2D eigenvalue weighted by molar-refractivity contribution is 5.70. The summed E-state index contributed by atoms with van der Waals surface area (Å²) >= 11 is 0. The molecule has 9 nitrogen and oxygen atoms in total. The Morgan fingerprint density at radius 2 is 1.41 bits per heavy atom. The molecular weight excluding hydrogens is 504 g/mol. The van der Waals surface area contributed by atoms with E-state index in [1.165, 1.54) is 0 Å². The van der Waals surface area contributed by atoms with E-state index in [1.54, 1.807) is 66.9 Å². The van der Waals surface area contributed by atoms with Crippen LogP contribution in [0.3, 0.4) is 0 Å². The molecule has 0 N–H and O–H groups in total. The van der Waals surface area contributed by atoms with Crippen molar-refractivity contribution in [3.63, 3.8) is 0 Å². The number of fused-ring (bicyclic) bond motifs is 1. The Hall–Kier alpha value is -4.27. The lowest BCUT2D eigenvalue weighted by Crippen LogP contribution is -2.35. The van der Waals surface area contributed by atoms with Gasteiger partial charge in [-0.05, 0) is 36.2 Å². The predicted octanol–water partition coefficient (Wildman–Crippen LogP) is 4.96. The van der Waals surface area contributed by atoms with Crippen molar-refractivity contribution in [3.05, 3.63) is 65.2 Å². The second-order valence-electron chi connectivity index (χ2n) is 8.88. The standard InChI is InChI=1S/C30H34O9/c1-32-20-10-7-18(8-11-20)9-12-28(31)38-27-17-22-23(34-3)15-21(33-2)16-24(22)39-29(27)19-13-25(35-4)30(37-6)26(14-19)36-5/h7-8,10-11,13-16,27,29H,9,12,17H2,1-6H3/t27-,29-/m1/s1. The highest BCUT2D eigenvalue weighted by Crippen LogP contribution is 2.46. The summed E-state index contributed by atoms with van der Waals surface area (Å²) in [7, 11) is 9.41. The monoisotopic (exact) mass is 538 g/mol. The Morgan fingerprint density at radius 1 is 0.769 bits per heavy atom. The Kier molecular flexibility index (Phi) is 8.91. The molecule has 0 unspecified atom stereocenters. The van der Waals surface area contributed by atoms with Crippen LogP contribution in [0.5, 0.6) is 40.2 Å². The first-order valence-electron chi connectivity index (χ1n) is 12.5. The molecule has 9 heteroatoms. The van der Waals surface area contributed by atoms with Crippen molar-refractivity contribution in [1.82, 2.24) is 0 Å². The number of carbonyl (C=O) groups is 1. The average Bonchev–Trinajstić information content (AvgIpc) is 2.98. The smallest absolute Gasteiger partial charge is 0.306 e. The van der Waals surface area contributed by atoms with Crippen LogP contribution in [0, 0.1) is 0 Å². The molecule has 3 aromatic carbocycles. The molecule has 0 saturated heterocycles. The van der Waals surface area contributed by atoms with E-state index < -0.39 is 12.2 Å². The van der Waals surface area contributed by atoms with Gasteiger partial charge in [0.15, 0.2) is 17.6 Å². The molecule has 1 heterocycles. The van der Waals surface area contributed by atoms with Crippen LogP contribution in [-0.4, -0.2) is 54.7 Å². The number of methoxy groups -OCH3 is 6. The molecule has 208 valence electrons. The summed E-state index contributed by atoms with van der Waals surface area (Å²) in [6, 6.07) is 14.8. The van der Waals surface area contributed by atoms with Gasteiger partial charge in [-0.25, -0.2) is 0 Å². The lowest BCUT2D eigenvalue weighted by Gasteiger charge is -2.34. The van der Waals surface area contributed by atoms with Crippen LogP contribution >= 0.6 is 0 Å². The minimum atomic E-state index is -0.659. The lowest BCUT2D eigenvalue weighted by atomic mass is 9.93. The summed E-state index contributed by atoms with van der Waals surface area (Å²) in [5.74, 6) is 3.57. The van der Waals surface area contributed by atoms with Gasteiger partial charge in [0, 0.05) is 36.1 Å². The van der Waals surface area contributed by atoms with Crippen LogP contribution in [-0.2, 0) is 22.4 Å². The molecule has 0 aromatic heterocycles. The number of hydrogen-bond donors (Lipinski definition) is 0. The van der Waals surface area contributed by atoms with Gasteiger partial charge < -0.3 is 37.9 Å². The molecule has 3 aromatic rings. The zero-order valence-corrected chi connectivity index (χ0v) is 23.1. The molecule has 0 amide bonds. The third-order valence-corrected chi connectivity index (χ3v) is 6.67. The van der Waals surface area contributed by atoms with Crippen LogP contribution in [0.2, 0.25) is 0 Å². The largest absolute Gasteiger partial charge is 0.497 e. The van der Waals surface area contributed by atoms with Crippen molar-refractivity contribution in [2.45, 2.75) is 31.5 Å². The van der Waals surface area contributed by atoms with E-state index in [1.807, 2.05) is 24.3 Å². The second-order valence-corrected chi connectivity index (χ2v) is 8.88.